The fourth-order valence-electron chi connectivity index (χ4n) is 1.02. The maximum absolute atomic E-state index is 3.37. The van der Waals surface area contributed by atoms with Crippen molar-refractivity contribution in [1.29, 1.82) is 0 Å². The minimum absolute atomic E-state index is 0.623. The fourth-order valence-corrected chi connectivity index (χ4v) is 1.02. The fraction of sp³-hybridized carbons (Fsp3) is 0.800. The average Bonchev–Trinajstić information content (AvgIpc) is 1.86. The summed E-state index contributed by atoms with van der Waals surface area (Å²) in [7, 11) is 0. The zero-order valence-electron chi connectivity index (χ0n) is 8.44. The van der Waals surface area contributed by atoms with E-state index in [0.717, 1.165) is 6.54 Å². The second-order valence-corrected chi connectivity index (χ2v) is 3.55. The summed E-state index contributed by atoms with van der Waals surface area (Å²) in [6.07, 6.45) is 2.30. The lowest BCUT2D eigenvalue weighted by molar-refractivity contribution is 0.646. The first kappa shape index (κ1) is 10.5. The minimum atomic E-state index is 0.623. The van der Waals surface area contributed by atoms with Gasteiger partial charge in [0.2, 0.25) is 0 Å². The predicted molar refractivity (Wildman–Crippen MR) is 51.4 cm³/mol. The van der Waals surface area contributed by atoms with E-state index in [2.05, 4.69) is 46.0 Å². The van der Waals surface area contributed by atoms with Crippen molar-refractivity contribution in [3.63, 3.8) is 0 Å². The van der Waals surface area contributed by atoms with E-state index in [0.29, 0.717) is 11.8 Å². The molecule has 0 spiro atoms. The quantitative estimate of drug-likeness (QED) is 0.658. The van der Waals surface area contributed by atoms with E-state index in [1.807, 2.05) is 0 Å². The summed E-state index contributed by atoms with van der Waals surface area (Å²) in [4.78, 5) is 0. The van der Waals surface area contributed by atoms with Crippen LogP contribution >= 0.6 is 0 Å². The molecule has 0 radical (unpaired) electrons. The largest absolute Gasteiger partial charge is 0.389 e. The first-order chi connectivity index (χ1) is 5.07. The highest BCUT2D eigenvalue weighted by Crippen LogP contribution is 2.08. The molecular formula is C10H21N. The molecule has 0 amide bonds. The number of nitrogens with one attached hydrogen (secondary N) is 1. The normalized spacial score (nSPS) is 12.8. The van der Waals surface area contributed by atoms with Gasteiger partial charge in [-0.05, 0) is 18.8 Å². The zero-order valence-corrected chi connectivity index (χ0v) is 8.44. The molecule has 0 saturated carbocycles. The van der Waals surface area contributed by atoms with Crippen LogP contribution in [0.25, 0.3) is 0 Å². The van der Waals surface area contributed by atoms with E-state index in [4.69, 9.17) is 0 Å². The van der Waals surface area contributed by atoms with E-state index >= 15 is 0 Å². The third-order valence-corrected chi connectivity index (χ3v) is 1.52. The van der Waals surface area contributed by atoms with Gasteiger partial charge in [-0.2, -0.15) is 0 Å². The van der Waals surface area contributed by atoms with Crippen LogP contribution in [0.5, 0.6) is 0 Å². The van der Waals surface area contributed by atoms with E-state index in [1.54, 1.807) is 0 Å². The number of rotatable bonds is 4. The van der Waals surface area contributed by atoms with Gasteiger partial charge in [0.05, 0.1) is 0 Å². The molecule has 0 aliphatic heterocycles. The molecule has 1 nitrogen and oxygen atoms in total. The molecule has 66 valence electrons. The molecule has 0 saturated heterocycles. The maximum Gasteiger partial charge on any atom is 0.0115 e. The Labute approximate surface area is 70.9 Å². The summed E-state index contributed by atoms with van der Waals surface area (Å²) in [6.45, 7) is 12.0. The molecule has 0 unspecified atom stereocenters. The van der Waals surface area contributed by atoms with Crippen LogP contribution in [0.2, 0.25) is 0 Å². The highest BCUT2D eigenvalue weighted by molar-refractivity contribution is 5.03. The van der Waals surface area contributed by atoms with Gasteiger partial charge in [-0.25, -0.2) is 0 Å². The maximum atomic E-state index is 3.37. The monoisotopic (exact) mass is 155 g/mol. The summed E-state index contributed by atoms with van der Waals surface area (Å²) in [5, 5.41) is 3.37. The van der Waals surface area contributed by atoms with Crippen LogP contribution in [-0.4, -0.2) is 6.54 Å². The van der Waals surface area contributed by atoms with Crippen LogP contribution < -0.4 is 5.32 Å². The van der Waals surface area contributed by atoms with Gasteiger partial charge in [0.15, 0.2) is 0 Å². The highest BCUT2D eigenvalue weighted by atomic mass is 14.9. The molecule has 0 aromatic carbocycles. The van der Waals surface area contributed by atoms with Crippen LogP contribution in [0.3, 0.4) is 0 Å². The minimum Gasteiger partial charge on any atom is -0.389 e. The molecule has 0 aliphatic carbocycles. The molecule has 0 aromatic rings. The summed E-state index contributed by atoms with van der Waals surface area (Å²) >= 11 is 0. The molecule has 0 fully saturated rings. The van der Waals surface area contributed by atoms with Crippen LogP contribution in [0.4, 0.5) is 0 Å². The second-order valence-electron chi connectivity index (χ2n) is 3.55. The molecule has 0 aromatic heterocycles. The summed E-state index contributed by atoms with van der Waals surface area (Å²) in [5.74, 6) is 1.27. The van der Waals surface area contributed by atoms with Crippen molar-refractivity contribution in [2.75, 3.05) is 6.54 Å². The SMILES string of the molecule is CCNC(=CC(C)C)C(C)C. The van der Waals surface area contributed by atoms with Crippen molar-refractivity contribution in [3.05, 3.63) is 11.8 Å². The molecule has 0 atom stereocenters. The number of hydrogen-bond acceptors (Lipinski definition) is 1. The van der Waals surface area contributed by atoms with Gasteiger partial charge < -0.3 is 5.32 Å². The Morgan fingerprint density at radius 2 is 1.82 bits per heavy atom. The lowest BCUT2D eigenvalue weighted by Crippen LogP contribution is -2.17. The standard InChI is InChI=1S/C10H21N/c1-6-11-10(9(4)5)7-8(2)3/h7-9,11H,6H2,1-5H3. The molecule has 0 rings (SSSR count). The van der Waals surface area contributed by atoms with Crippen molar-refractivity contribution in [2.45, 2.75) is 34.6 Å². The van der Waals surface area contributed by atoms with E-state index in [-0.39, 0.29) is 0 Å². The summed E-state index contributed by atoms with van der Waals surface area (Å²) < 4.78 is 0. The predicted octanol–water partition coefficient (Wildman–Crippen LogP) is 2.79. The Kier molecular flexibility index (Phi) is 5.01. The number of allylic oxidation sites excluding steroid dienone is 2. The molecule has 0 aliphatic rings. The molecular weight excluding hydrogens is 134 g/mol. The lowest BCUT2D eigenvalue weighted by atomic mass is 10.1. The molecule has 1 N–H and O–H groups in total. The van der Waals surface area contributed by atoms with Crippen LogP contribution in [-0.2, 0) is 0 Å². The van der Waals surface area contributed by atoms with E-state index in [1.165, 1.54) is 5.70 Å². The van der Waals surface area contributed by atoms with Gasteiger partial charge in [-0.3, -0.25) is 0 Å². The first-order valence-electron chi connectivity index (χ1n) is 4.53. The Hall–Kier alpha value is -0.460. The Bertz CT molecular complexity index is 123. The third-order valence-electron chi connectivity index (χ3n) is 1.52. The van der Waals surface area contributed by atoms with Gasteiger partial charge >= 0.3 is 0 Å². The van der Waals surface area contributed by atoms with Gasteiger partial charge in [-0.1, -0.05) is 33.8 Å². The van der Waals surface area contributed by atoms with E-state index in [9.17, 15) is 0 Å². The van der Waals surface area contributed by atoms with Crippen LogP contribution in [0, 0.1) is 11.8 Å². The highest BCUT2D eigenvalue weighted by Gasteiger charge is 2.01. The topological polar surface area (TPSA) is 12.0 Å². The number of hydrogen-bond donors (Lipinski definition) is 1. The molecule has 11 heavy (non-hydrogen) atoms. The van der Waals surface area contributed by atoms with Gasteiger partial charge in [-0.15, -0.1) is 0 Å². The second kappa shape index (κ2) is 5.22. The molecule has 0 bridgehead atoms. The molecule has 0 heterocycles. The summed E-state index contributed by atoms with van der Waals surface area (Å²) in [6, 6.07) is 0. The lowest BCUT2D eigenvalue weighted by Gasteiger charge is -2.13. The van der Waals surface area contributed by atoms with Gasteiger partial charge in [0, 0.05) is 12.2 Å². The van der Waals surface area contributed by atoms with Crippen molar-refractivity contribution in [1.82, 2.24) is 5.32 Å². The first-order valence-corrected chi connectivity index (χ1v) is 4.53. The zero-order chi connectivity index (χ0) is 8.85. The average molecular weight is 155 g/mol. The Balaban J connectivity index is 4.08. The van der Waals surface area contributed by atoms with Crippen molar-refractivity contribution < 1.29 is 0 Å². The van der Waals surface area contributed by atoms with E-state index < -0.39 is 0 Å². The Morgan fingerprint density at radius 3 is 2.09 bits per heavy atom. The van der Waals surface area contributed by atoms with Crippen LogP contribution in [0.1, 0.15) is 34.6 Å². The molecule has 1 heteroatoms. The van der Waals surface area contributed by atoms with Gasteiger partial charge in [0.1, 0.15) is 0 Å². The summed E-state index contributed by atoms with van der Waals surface area (Å²) in [5.41, 5.74) is 1.38. The van der Waals surface area contributed by atoms with Crippen molar-refractivity contribution >= 4 is 0 Å². The van der Waals surface area contributed by atoms with Crippen molar-refractivity contribution in [3.8, 4) is 0 Å². The Morgan fingerprint density at radius 1 is 1.27 bits per heavy atom. The smallest absolute Gasteiger partial charge is 0.0115 e. The van der Waals surface area contributed by atoms with Crippen LogP contribution in [0.15, 0.2) is 11.8 Å². The van der Waals surface area contributed by atoms with Crippen molar-refractivity contribution in [2.24, 2.45) is 11.8 Å². The van der Waals surface area contributed by atoms with Gasteiger partial charge in [0.25, 0.3) is 0 Å². The third kappa shape index (κ3) is 4.88.